The number of phenolic OH excluding ortho intramolecular Hbond substituents is 1. The van der Waals surface area contributed by atoms with Crippen molar-refractivity contribution >= 4 is 5.95 Å². The first kappa shape index (κ1) is 18.3. The first-order valence-electron chi connectivity index (χ1n) is 9.28. The van der Waals surface area contributed by atoms with Crippen LogP contribution in [0.15, 0.2) is 30.6 Å². The highest BCUT2D eigenvalue weighted by atomic mass is 19.1. The van der Waals surface area contributed by atoms with Gasteiger partial charge in [-0.1, -0.05) is 13.0 Å². The molecule has 146 valence electrons. The van der Waals surface area contributed by atoms with Gasteiger partial charge in [-0.15, -0.1) is 10.2 Å². The molecule has 0 bridgehead atoms. The smallest absolute Gasteiger partial charge is 0.245 e. The van der Waals surface area contributed by atoms with Crippen molar-refractivity contribution in [3.8, 4) is 28.1 Å². The summed E-state index contributed by atoms with van der Waals surface area (Å²) >= 11 is 0. The molecule has 0 spiro atoms. The predicted octanol–water partition coefficient (Wildman–Crippen LogP) is 2.35. The van der Waals surface area contributed by atoms with Gasteiger partial charge in [0.25, 0.3) is 0 Å². The van der Waals surface area contributed by atoms with Crippen molar-refractivity contribution in [2.24, 2.45) is 0 Å². The molecule has 8 nitrogen and oxygen atoms in total. The van der Waals surface area contributed by atoms with E-state index in [2.05, 4.69) is 49.4 Å². The Morgan fingerprint density at radius 3 is 2.71 bits per heavy atom. The highest BCUT2D eigenvalue weighted by Crippen LogP contribution is 2.32. The van der Waals surface area contributed by atoms with Crippen LogP contribution >= 0.6 is 0 Å². The Morgan fingerprint density at radius 2 is 2.07 bits per heavy atom. The van der Waals surface area contributed by atoms with Crippen molar-refractivity contribution in [1.29, 1.82) is 0 Å². The Morgan fingerprint density at radius 1 is 1.21 bits per heavy atom. The van der Waals surface area contributed by atoms with Crippen LogP contribution in [0.25, 0.3) is 22.4 Å². The number of nitrogens with zero attached hydrogens (tertiary/aromatic N) is 5. The number of anilines is 1. The number of phenols is 1. The van der Waals surface area contributed by atoms with Gasteiger partial charge in [-0.05, 0) is 31.0 Å². The lowest BCUT2D eigenvalue weighted by molar-refractivity contribution is 0.376. The molecule has 1 aliphatic rings. The number of halogens is 1. The predicted molar refractivity (Wildman–Crippen MR) is 103 cm³/mol. The minimum Gasteiger partial charge on any atom is -0.507 e. The summed E-state index contributed by atoms with van der Waals surface area (Å²) in [6, 6.07) is 5.59. The third-order valence-electron chi connectivity index (χ3n) is 4.96. The van der Waals surface area contributed by atoms with Gasteiger partial charge in [0.05, 0.1) is 18.0 Å². The van der Waals surface area contributed by atoms with Gasteiger partial charge >= 0.3 is 0 Å². The van der Waals surface area contributed by atoms with Crippen molar-refractivity contribution < 1.29 is 9.50 Å². The van der Waals surface area contributed by atoms with Gasteiger partial charge in [-0.2, -0.15) is 9.49 Å². The lowest BCUT2D eigenvalue weighted by Gasteiger charge is -2.37. The van der Waals surface area contributed by atoms with Crippen molar-refractivity contribution in [3.05, 3.63) is 36.5 Å². The molecular weight excluding hydrogens is 361 g/mol. The summed E-state index contributed by atoms with van der Waals surface area (Å²) in [7, 11) is 0. The highest BCUT2D eigenvalue weighted by molar-refractivity contribution is 5.73. The van der Waals surface area contributed by atoms with E-state index >= 15 is 0 Å². The van der Waals surface area contributed by atoms with E-state index in [9.17, 15) is 9.50 Å². The number of piperazine rings is 1. The zero-order chi connectivity index (χ0) is 19.7. The van der Waals surface area contributed by atoms with Crippen LogP contribution in [0.1, 0.15) is 20.3 Å². The first-order valence-corrected chi connectivity index (χ1v) is 9.28. The molecule has 3 aromatic rings. The maximum absolute atomic E-state index is 13.7. The zero-order valence-electron chi connectivity index (χ0n) is 15.7. The van der Waals surface area contributed by atoms with Crippen LogP contribution < -0.4 is 10.2 Å². The lowest BCUT2D eigenvalue weighted by Crippen LogP contribution is -2.55. The third-order valence-corrected chi connectivity index (χ3v) is 4.96. The van der Waals surface area contributed by atoms with Gasteiger partial charge in [0.2, 0.25) is 11.9 Å². The van der Waals surface area contributed by atoms with Crippen LogP contribution in [0, 0.1) is 5.95 Å². The van der Waals surface area contributed by atoms with Crippen LogP contribution in [0.3, 0.4) is 0 Å². The molecule has 0 radical (unpaired) electrons. The molecule has 1 fully saturated rings. The fourth-order valence-corrected chi connectivity index (χ4v) is 3.51. The molecule has 9 heteroatoms. The second-order valence-corrected chi connectivity index (χ2v) is 7.05. The standard InChI is InChI=1S/C19H22FN7O/c1-3-13-10-27(9-11(2)23-13)19-21-8-16(24-26-19)14-5-4-12(6-17(14)28)15-7-22-25-18(15)20/h4-8,11,13,23,28H,3,9-10H2,1-2H3,(H,22,25)/t11-,13+/m0/s1. The zero-order valence-corrected chi connectivity index (χ0v) is 15.7. The maximum atomic E-state index is 13.7. The Bertz CT molecular complexity index is 959. The Labute approximate surface area is 161 Å². The van der Waals surface area contributed by atoms with Gasteiger partial charge < -0.3 is 15.3 Å². The van der Waals surface area contributed by atoms with Crippen LogP contribution in [0.2, 0.25) is 0 Å². The van der Waals surface area contributed by atoms with Gasteiger partial charge in [0.15, 0.2) is 0 Å². The van der Waals surface area contributed by atoms with E-state index in [0.717, 1.165) is 19.5 Å². The fraction of sp³-hybridized carbons (Fsp3) is 0.368. The molecule has 2 aromatic heterocycles. The van der Waals surface area contributed by atoms with E-state index in [1.54, 1.807) is 18.3 Å². The molecule has 1 aliphatic heterocycles. The van der Waals surface area contributed by atoms with Crippen LogP contribution in [-0.2, 0) is 0 Å². The quantitative estimate of drug-likeness (QED) is 0.635. The molecule has 0 saturated carbocycles. The number of aromatic nitrogens is 5. The lowest BCUT2D eigenvalue weighted by atomic mass is 10.0. The minimum atomic E-state index is -0.548. The van der Waals surface area contributed by atoms with Crippen LogP contribution in [0.4, 0.5) is 10.3 Å². The monoisotopic (exact) mass is 383 g/mol. The molecule has 3 N–H and O–H groups in total. The summed E-state index contributed by atoms with van der Waals surface area (Å²) in [5, 5.41) is 28.3. The van der Waals surface area contributed by atoms with Crippen LogP contribution in [-0.4, -0.2) is 55.7 Å². The molecule has 0 unspecified atom stereocenters. The number of benzene rings is 1. The molecule has 3 heterocycles. The number of hydrogen-bond acceptors (Lipinski definition) is 7. The normalized spacial score (nSPS) is 19.8. The number of hydrogen-bond donors (Lipinski definition) is 3. The van der Waals surface area contributed by atoms with Gasteiger partial charge in [0, 0.05) is 30.7 Å². The highest BCUT2D eigenvalue weighted by Gasteiger charge is 2.24. The SMILES string of the molecule is CC[C@@H]1CN(c2ncc(-c3ccc(-c4cn[nH]c4F)cc3O)nn2)C[C@H](C)N1. The first-order chi connectivity index (χ1) is 13.5. The Hall–Kier alpha value is -3.07. The van der Waals surface area contributed by atoms with Gasteiger partial charge in [0.1, 0.15) is 11.4 Å². The van der Waals surface area contributed by atoms with E-state index in [1.807, 2.05) is 0 Å². The van der Waals surface area contributed by atoms with Crippen molar-refractivity contribution in [3.63, 3.8) is 0 Å². The van der Waals surface area contributed by atoms with Gasteiger partial charge in [-0.25, -0.2) is 4.98 Å². The number of H-pyrrole nitrogens is 1. The van der Waals surface area contributed by atoms with E-state index in [0.29, 0.717) is 40.4 Å². The molecular formula is C19H22FN7O. The number of nitrogens with one attached hydrogen (secondary N) is 2. The summed E-state index contributed by atoms with van der Waals surface area (Å²) in [5.41, 5.74) is 1.75. The molecule has 0 amide bonds. The molecule has 28 heavy (non-hydrogen) atoms. The summed E-state index contributed by atoms with van der Waals surface area (Å²) < 4.78 is 13.7. The number of aromatic amines is 1. The summed E-state index contributed by atoms with van der Waals surface area (Å²) in [5.74, 6) is 0.00418. The van der Waals surface area contributed by atoms with E-state index < -0.39 is 5.95 Å². The second kappa shape index (κ2) is 7.51. The maximum Gasteiger partial charge on any atom is 0.245 e. The molecule has 4 rings (SSSR count). The largest absolute Gasteiger partial charge is 0.507 e. The summed E-state index contributed by atoms with van der Waals surface area (Å²) in [6.45, 7) is 5.93. The summed E-state index contributed by atoms with van der Waals surface area (Å²) in [4.78, 5) is 6.57. The number of aromatic hydroxyl groups is 1. The van der Waals surface area contributed by atoms with Crippen molar-refractivity contribution in [1.82, 2.24) is 30.7 Å². The van der Waals surface area contributed by atoms with E-state index in [1.165, 1.54) is 12.3 Å². The average molecular weight is 383 g/mol. The molecule has 2 atom stereocenters. The molecule has 1 aromatic carbocycles. The minimum absolute atomic E-state index is 0.0243. The third kappa shape index (κ3) is 3.53. The average Bonchev–Trinajstić information content (AvgIpc) is 3.13. The van der Waals surface area contributed by atoms with Crippen molar-refractivity contribution in [2.75, 3.05) is 18.0 Å². The fourth-order valence-electron chi connectivity index (χ4n) is 3.51. The number of rotatable bonds is 4. The Balaban J connectivity index is 1.56. The molecule has 1 saturated heterocycles. The van der Waals surface area contributed by atoms with Gasteiger partial charge in [-0.3, -0.25) is 5.10 Å². The molecule has 0 aliphatic carbocycles. The second-order valence-electron chi connectivity index (χ2n) is 7.05. The topological polar surface area (TPSA) is 103 Å². The van der Waals surface area contributed by atoms with Crippen molar-refractivity contribution in [2.45, 2.75) is 32.4 Å². The summed E-state index contributed by atoms with van der Waals surface area (Å²) in [6.07, 6.45) is 4.00. The van der Waals surface area contributed by atoms with Crippen LogP contribution in [0.5, 0.6) is 5.75 Å². The Kier molecular flexibility index (Phi) is 4.91. The van der Waals surface area contributed by atoms with E-state index in [4.69, 9.17) is 0 Å². The van der Waals surface area contributed by atoms with E-state index in [-0.39, 0.29) is 5.75 Å².